The van der Waals surface area contributed by atoms with E-state index in [1.54, 1.807) is 6.08 Å². The molecule has 0 saturated heterocycles. The van der Waals surface area contributed by atoms with E-state index in [0.717, 1.165) is 42.8 Å². The third-order valence-electron chi connectivity index (χ3n) is 4.07. The molecule has 5 heteroatoms. The molecule has 25 heavy (non-hydrogen) atoms. The van der Waals surface area contributed by atoms with Gasteiger partial charge in [0.2, 0.25) is 5.91 Å². The van der Waals surface area contributed by atoms with Gasteiger partial charge in [0.25, 0.3) is 0 Å². The topological polar surface area (TPSA) is 53.9 Å². The second-order valence-corrected chi connectivity index (χ2v) is 6.60. The van der Waals surface area contributed by atoms with Crippen LogP contribution in [0.5, 0.6) is 0 Å². The van der Waals surface area contributed by atoms with Crippen LogP contribution in [0.15, 0.2) is 35.5 Å². The summed E-state index contributed by atoms with van der Waals surface area (Å²) in [5.41, 5.74) is 4.18. The molecule has 0 heterocycles. The van der Waals surface area contributed by atoms with Crippen molar-refractivity contribution in [3.63, 3.8) is 0 Å². The SMILES string of the molecule is CCCCCO/N=C1\CCc2cc(NC(=O)/C=C/CN(C)C)ccc21. The Morgan fingerprint density at radius 2 is 2.16 bits per heavy atom. The zero-order valence-electron chi connectivity index (χ0n) is 15.5. The fourth-order valence-electron chi connectivity index (χ4n) is 2.74. The monoisotopic (exact) mass is 343 g/mol. The molecule has 1 aromatic rings. The highest BCUT2D eigenvalue weighted by atomic mass is 16.6. The van der Waals surface area contributed by atoms with Crippen molar-refractivity contribution in [3.8, 4) is 0 Å². The Bertz CT molecular complexity index is 636. The van der Waals surface area contributed by atoms with Crippen LogP contribution < -0.4 is 5.32 Å². The van der Waals surface area contributed by atoms with Gasteiger partial charge in [0.15, 0.2) is 0 Å². The van der Waals surface area contributed by atoms with E-state index in [4.69, 9.17) is 4.84 Å². The van der Waals surface area contributed by atoms with Crippen LogP contribution in [-0.2, 0) is 16.1 Å². The fourth-order valence-corrected chi connectivity index (χ4v) is 2.74. The molecule has 136 valence electrons. The molecule has 1 aliphatic carbocycles. The lowest BCUT2D eigenvalue weighted by Gasteiger charge is -2.07. The molecule has 0 aromatic heterocycles. The standard InChI is InChI=1S/C20H29N3O2/c1-4-5-6-14-25-22-19-12-9-16-15-17(10-11-18(16)19)21-20(24)8-7-13-23(2)3/h7-8,10-11,15H,4-6,9,12-14H2,1-3H3,(H,21,24)/b8-7+,22-19+. The van der Waals surface area contributed by atoms with E-state index in [1.165, 1.54) is 18.4 Å². The number of anilines is 1. The zero-order chi connectivity index (χ0) is 18.1. The molecule has 1 N–H and O–H groups in total. The van der Waals surface area contributed by atoms with Gasteiger partial charge in [0.05, 0.1) is 5.71 Å². The number of amides is 1. The van der Waals surface area contributed by atoms with E-state index in [0.29, 0.717) is 6.61 Å². The van der Waals surface area contributed by atoms with Crippen LogP contribution in [0.25, 0.3) is 0 Å². The number of rotatable bonds is 9. The quantitative estimate of drug-likeness (QED) is 0.423. The smallest absolute Gasteiger partial charge is 0.248 e. The van der Waals surface area contributed by atoms with Gasteiger partial charge in [-0.2, -0.15) is 0 Å². The molecule has 5 nitrogen and oxygen atoms in total. The van der Waals surface area contributed by atoms with Crippen molar-refractivity contribution in [2.24, 2.45) is 5.16 Å². The number of carbonyl (C=O) groups is 1. The van der Waals surface area contributed by atoms with Gasteiger partial charge in [-0.3, -0.25) is 4.79 Å². The maximum absolute atomic E-state index is 11.9. The predicted molar refractivity (Wildman–Crippen MR) is 103 cm³/mol. The number of fused-ring (bicyclic) bond motifs is 1. The number of hydrogen-bond donors (Lipinski definition) is 1. The molecule has 2 rings (SSSR count). The fraction of sp³-hybridized carbons (Fsp3) is 0.500. The minimum absolute atomic E-state index is 0.104. The van der Waals surface area contributed by atoms with Gasteiger partial charge in [-0.1, -0.05) is 37.1 Å². The summed E-state index contributed by atoms with van der Waals surface area (Å²) in [4.78, 5) is 19.4. The van der Waals surface area contributed by atoms with Gasteiger partial charge in [0.1, 0.15) is 6.61 Å². The highest BCUT2D eigenvalue weighted by Crippen LogP contribution is 2.26. The molecule has 0 unspecified atom stereocenters. The van der Waals surface area contributed by atoms with E-state index in [2.05, 4.69) is 17.4 Å². The average Bonchev–Trinajstić information content (AvgIpc) is 2.96. The number of unbranched alkanes of at least 4 members (excludes halogenated alkanes) is 2. The van der Waals surface area contributed by atoms with Crippen LogP contribution in [0.4, 0.5) is 5.69 Å². The van der Waals surface area contributed by atoms with Crippen molar-refractivity contribution in [2.75, 3.05) is 32.6 Å². The molecule has 0 aliphatic heterocycles. The number of carbonyl (C=O) groups excluding carboxylic acids is 1. The zero-order valence-corrected chi connectivity index (χ0v) is 15.5. The maximum Gasteiger partial charge on any atom is 0.248 e. The molecule has 0 atom stereocenters. The van der Waals surface area contributed by atoms with Gasteiger partial charge in [-0.15, -0.1) is 0 Å². The minimum atomic E-state index is -0.104. The number of nitrogens with one attached hydrogen (secondary N) is 1. The first kappa shape index (κ1) is 19.2. The Morgan fingerprint density at radius 3 is 2.92 bits per heavy atom. The minimum Gasteiger partial charge on any atom is -0.396 e. The van der Waals surface area contributed by atoms with Crippen LogP contribution in [0.2, 0.25) is 0 Å². The number of oxime groups is 1. The molecule has 0 spiro atoms. The van der Waals surface area contributed by atoms with Crippen molar-refractivity contribution >= 4 is 17.3 Å². The summed E-state index contributed by atoms with van der Waals surface area (Å²) in [6.07, 6.45) is 8.66. The Balaban J connectivity index is 1.91. The van der Waals surface area contributed by atoms with Gasteiger partial charge in [-0.05, 0) is 51.1 Å². The molecular weight excluding hydrogens is 314 g/mol. The lowest BCUT2D eigenvalue weighted by molar-refractivity contribution is -0.111. The average molecular weight is 343 g/mol. The van der Waals surface area contributed by atoms with Gasteiger partial charge >= 0.3 is 0 Å². The van der Waals surface area contributed by atoms with Crippen molar-refractivity contribution in [1.82, 2.24) is 4.90 Å². The predicted octanol–water partition coefficient (Wildman–Crippen LogP) is 3.60. The number of likely N-dealkylation sites (N-methyl/N-ethyl adjacent to an activating group) is 1. The van der Waals surface area contributed by atoms with Gasteiger partial charge in [-0.25, -0.2) is 0 Å². The third kappa shape index (κ3) is 6.35. The first-order chi connectivity index (χ1) is 12.1. The summed E-state index contributed by atoms with van der Waals surface area (Å²) in [7, 11) is 3.94. The van der Waals surface area contributed by atoms with E-state index in [-0.39, 0.29) is 5.91 Å². The Kier molecular flexibility index (Phi) is 7.67. The Morgan fingerprint density at radius 1 is 1.32 bits per heavy atom. The Labute approximate surface area is 150 Å². The van der Waals surface area contributed by atoms with Gasteiger partial charge in [0, 0.05) is 23.9 Å². The summed E-state index contributed by atoms with van der Waals surface area (Å²) >= 11 is 0. The number of hydrogen-bond acceptors (Lipinski definition) is 4. The van der Waals surface area contributed by atoms with Crippen molar-refractivity contribution in [1.29, 1.82) is 0 Å². The molecule has 0 saturated carbocycles. The van der Waals surface area contributed by atoms with E-state index < -0.39 is 0 Å². The lowest BCUT2D eigenvalue weighted by atomic mass is 10.1. The third-order valence-corrected chi connectivity index (χ3v) is 4.07. The van der Waals surface area contributed by atoms with Crippen LogP contribution in [0, 0.1) is 0 Å². The van der Waals surface area contributed by atoms with Gasteiger partial charge < -0.3 is 15.1 Å². The highest BCUT2D eigenvalue weighted by Gasteiger charge is 2.19. The summed E-state index contributed by atoms with van der Waals surface area (Å²) in [6, 6.07) is 5.98. The molecule has 1 aliphatic rings. The molecule has 1 amide bonds. The summed E-state index contributed by atoms with van der Waals surface area (Å²) < 4.78 is 0. The van der Waals surface area contributed by atoms with E-state index in [9.17, 15) is 4.79 Å². The first-order valence-electron chi connectivity index (χ1n) is 9.04. The molecule has 0 bridgehead atoms. The second-order valence-electron chi connectivity index (χ2n) is 6.60. The second kappa shape index (κ2) is 9.99. The molecule has 0 radical (unpaired) electrons. The van der Waals surface area contributed by atoms with Crippen molar-refractivity contribution in [2.45, 2.75) is 39.0 Å². The maximum atomic E-state index is 11.9. The largest absolute Gasteiger partial charge is 0.396 e. The summed E-state index contributed by atoms with van der Waals surface area (Å²) in [5.74, 6) is -0.104. The summed E-state index contributed by atoms with van der Waals surface area (Å²) in [6.45, 7) is 3.60. The van der Waals surface area contributed by atoms with Crippen LogP contribution in [-0.4, -0.2) is 43.8 Å². The molecule has 1 aromatic carbocycles. The molecular formula is C20H29N3O2. The van der Waals surface area contributed by atoms with Crippen molar-refractivity contribution < 1.29 is 9.63 Å². The normalized spacial score (nSPS) is 15.1. The summed E-state index contributed by atoms with van der Waals surface area (Å²) in [5, 5.41) is 7.21. The van der Waals surface area contributed by atoms with Crippen molar-refractivity contribution in [3.05, 3.63) is 41.5 Å². The molecule has 0 fully saturated rings. The lowest BCUT2D eigenvalue weighted by Crippen LogP contribution is -2.13. The van der Waals surface area contributed by atoms with Crippen LogP contribution >= 0.6 is 0 Å². The van der Waals surface area contributed by atoms with Crippen LogP contribution in [0.1, 0.15) is 43.7 Å². The number of benzene rings is 1. The van der Waals surface area contributed by atoms with E-state index in [1.807, 2.05) is 43.3 Å². The first-order valence-corrected chi connectivity index (χ1v) is 9.04. The number of aryl methyl sites for hydroxylation is 1. The van der Waals surface area contributed by atoms with Crippen LogP contribution in [0.3, 0.4) is 0 Å². The highest BCUT2D eigenvalue weighted by molar-refractivity contribution is 6.05. The van der Waals surface area contributed by atoms with E-state index >= 15 is 0 Å². The Hall–Kier alpha value is -2.14. The number of nitrogens with zero attached hydrogens (tertiary/aromatic N) is 2.